The molecule has 88 valence electrons. The second-order valence-electron chi connectivity index (χ2n) is 4.63. The van der Waals surface area contributed by atoms with Crippen LogP contribution in [0, 0.1) is 5.92 Å². The Morgan fingerprint density at radius 1 is 1.50 bits per heavy atom. The highest BCUT2D eigenvalue weighted by atomic mass is 79.9. The Morgan fingerprint density at radius 2 is 2.31 bits per heavy atom. The van der Waals surface area contributed by atoms with Gasteiger partial charge in [-0.2, -0.15) is 0 Å². The van der Waals surface area contributed by atoms with Gasteiger partial charge in [-0.1, -0.05) is 35.0 Å². The molecule has 0 radical (unpaired) electrons. The summed E-state index contributed by atoms with van der Waals surface area (Å²) in [6.07, 6.45) is 1.27. The fourth-order valence-electron chi connectivity index (χ4n) is 2.42. The number of hydrogen-bond donors (Lipinski definition) is 1. The van der Waals surface area contributed by atoms with E-state index in [1.165, 1.54) is 12.0 Å². The van der Waals surface area contributed by atoms with Gasteiger partial charge in [0.05, 0.1) is 0 Å². The molecule has 0 aromatic heterocycles. The molecule has 0 amide bonds. The van der Waals surface area contributed by atoms with Gasteiger partial charge in [-0.05, 0) is 36.6 Å². The lowest BCUT2D eigenvalue weighted by Crippen LogP contribution is -2.32. The Bertz CT molecular complexity index is 356. The van der Waals surface area contributed by atoms with E-state index in [-0.39, 0.29) is 0 Å². The lowest BCUT2D eigenvalue weighted by molar-refractivity contribution is 0.244. The van der Waals surface area contributed by atoms with E-state index < -0.39 is 0 Å². The van der Waals surface area contributed by atoms with Crippen LogP contribution in [0.4, 0.5) is 0 Å². The quantitative estimate of drug-likeness (QED) is 0.862. The minimum Gasteiger partial charge on any atom is -0.508 e. The van der Waals surface area contributed by atoms with E-state index in [9.17, 15) is 5.11 Å². The van der Waals surface area contributed by atoms with Gasteiger partial charge in [-0.3, -0.25) is 4.90 Å². The van der Waals surface area contributed by atoms with Crippen LogP contribution in [0.1, 0.15) is 18.9 Å². The number of nitrogens with zero attached hydrogens (tertiary/aromatic N) is 1. The van der Waals surface area contributed by atoms with E-state index in [2.05, 4.69) is 33.8 Å². The maximum absolute atomic E-state index is 9.43. The third kappa shape index (κ3) is 2.58. The zero-order chi connectivity index (χ0) is 11.5. The van der Waals surface area contributed by atoms with E-state index in [0.29, 0.717) is 11.8 Å². The number of hydrogen-bond acceptors (Lipinski definition) is 2. The minimum absolute atomic E-state index is 0.361. The van der Waals surface area contributed by atoms with E-state index in [0.717, 1.165) is 24.3 Å². The first-order chi connectivity index (χ1) is 7.70. The number of benzene rings is 1. The molecule has 1 fully saturated rings. The Hall–Kier alpha value is -0.540. The summed E-state index contributed by atoms with van der Waals surface area (Å²) < 4.78 is 0. The Morgan fingerprint density at radius 3 is 3.00 bits per heavy atom. The zero-order valence-corrected chi connectivity index (χ0v) is 11.2. The molecule has 1 saturated heterocycles. The molecule has 1 heterocycles. The van der Waals surface area contributed by atoms with Crippen LogP contribution in [0.15, 0.2) is 24.3 Å². The van der Waals surface area contributed by atoms with Gasteiger partial charge < -0.3 is 5.11 Å². The van der Waals surface area contributed by atoms with Crippen molar-refractivity contribution in [3.05, 3.63) is 29.8 Å². The largest absolute Gasteiger partial charge is 0.508 e. The predicted molar refractivity (Wildman–Crippen MR) is 69.9 cm³/mol. The van der Waals surface area contributed by atoms with Gasteiger partial charge in [0.25, 0.3) is 0 Å². The van der Waals surface area contributed by atoms with Crippen molar-refractivity contribution in [3.63, 3.8) is 0 Å². The molecule has 1 aliphatic heterocycles. The normalized spacial score (nSPS) is 26.1. The van der Waals surface area contributed by atoms with Crippen molar-refractivity contribution in [2.24, 2.45) is 5.92 Å². The summed E-state index contributed by atoms with van der Waals surface area (Å²) in [5, 5.41) is 10.5. The maximum atomic E-state index is 9.43. The van der Waals surface area contributed by atoms with Gasteiger partial charge in [-0.15, -0.1) is 0 Å². The molecule has 2 unspecified atom stereocenters. The van der Waals surface area contributed by atoms with Crippen molar-refractivity contribution >= 4 is 15.9 Å². The number of aromatic hydroxyl groups is 1. The fraction of sp³-hybridized carbons (Fsp3) is 0.538. The molecule has 0 saturated carbocycles. The van der Waals surface area contributed by atoms with Crippen LogP contribution < -0.4 is 0 Å². The molecule has 2 nitrogen and oxygen atoms in total. The molecule has 2 atom stereocenters. The number of halogens is 1. The molecule has 0 aliphatic carbocycles. The molecule has 3 heteroatoms. The third-order valence-electron chi connectivity index (χ3n) is 3.45. The molecule has 1 aliphatic rings. The number of likely N-dealkylation sites (tertiary alicyclic amines) is 1. The summed E-state index contributed by atoms with van der Waals surface area (Å²) in [4.78, 5) is 2.49. The van der Waals surface area contributed by atoms with Crippen molar-refractivity contribution in [1.29, 1.82) is 0 Å². The lowest BCUT2D eigenvalue weighted by Gasteiger charge is -2.25. The van der Waals surface area contributed by atoms with Gasteiger partial charge in [-0.25, -0.2) is 0 Å². The van der Waals surface area contributed by atoms with Gasteiger partial charge in [0.15, 0.2) is 0 Å². The molecule has 1 N–H and O–H groups in total. The van der Waals surface area contributed by atoms with E-state index in [4.69, 9.17) is 0 Å². The summed E-state index contributed by atoms with van der Waals surface area (Å²) in [7, 11) is 0. The maximum Gasteiger partial charge on any atom is 0.115 e. The second kappa shape index (κ2) is 5.19. The van der Waals surface area contributed by atoms with Gasteiger partial charge in [0.2, 0.25) is 0 Å². The first-order valence-corrected chi connectivity index (χ1v) is 6.91. The average Bonchev–Trinajstić information content (AvgIpc) is 2.59. The highest BCUT2D eigenvalue weighted by molar-refractivity contribution is 9.09. The summed E-state index contributed by atoms with van der Waals surface area (Å²) in [6.45, 7) is 4.41. The molecule has 1 aromatic carbocycles. The van der Waals surface area contributed by atoms with Crippen molar-refractivity contribution in [1.82, 2.24) is 4.90 Å². The average molecular weight is 284 g/mol. The van der Waals surface area contributed by atoms with Crippen LogP contribution in [0.5, 0.6) is 5.75 Å². The number of phenolic OH excluding ortho intramolecular Hbond substituents is 1. The molecular formula is C13H18BrNO. The summed E-state index contributed by atoms with van der Waals surface area (Å²) in [5.74, 6) is 1.12. The lowest BCUT2D eigenvalue weighted by atomic mass is 10.0. The van der Waals surface area contributed by atoms with Crippen LogP contribution in [-0.4, -0.2) is 27.9 Å². The van der Waals surface area contributed by atoms with Crippen LogP contribution in [0.3, 0.4) is 0 Å². The summed E-state index contributed by atoms with van der Waals surface area (Å²) in [6, 6.07) is 8.19. The van der Waals surface area contributed by atoms with E-state index in [1.54, 1.807) is 6.07 Å². The Labute approximate surface area is 105 Å². The first kappa shape index (κ1) is 11.9. The van der Waals surface area contributed by atoms with Crippen molar-refractivity contribution in [2.75, 3.05) is 11.9 Å². The topological polar surface area (TPSA) is 23.5 Å². The molecule has 1 aromatic rings. The molecule has 0 bridgehead atoms. The fourth-order valence-corrected chi connectivity index (χ4v) is 3.47. The Kier molecular flexibility index (Phi) is 3.87. The predicted octanol–water partition coefficient (Wildman–Crippen LogP) is 3.00. The van der Waals surface area contributed by atoms with Gasteiger partial charge in [0, 0.05) is 17.9 Å². The van der Waals surface area contributed by atoms with Crippen molar-refractivity contribution in [2.45, 2.75) is 25.9 Å². The second-order valence-corrected chi connectivity index (χ2v) is 5.28. The van der Waals surface area contributed by atoms with Crippen molar-refractivity contribution in [3.8, 4) is 5.75 Å². The molecular weight excluding hydrogens is 266 g/mol. The van der Waals surface area contributed by atoms with Crippen LogP contribution in [-0.2, 0) is 6.54 Å². The third-order valence-corrected chi connectivity index (χ3v) is 4.12. The SMILES string of the molecule is CC1CCN(Cc2cccc(O)c2)C1CBr. The van der Waals surface area contributed by atoms with E-state index >= 15 is 0 Å². The number of rotatable bonds is 3. The molecule has 2 rings (SSSR count). The smallest absolute Gasteiger partial charge is 0.115 e. The first-order valence-electron chi connectivity index (χ1n) is 5.78. The summed E-state index contributed by atoms with van der Waals surface area (Å²) >= 11 is 3.59. The monoisotopic (exact) mass is 283 g/mol. The van der Waals surface area contributed by atoms with E-state index in [1.807, 2.05) is 12.1 Å². The number of phenols is 1. The van der Waals surface area contributed by atoms with Gasteiger partial charge in [0.1, 0.15) is 5.75 Å². The standard InChI is InChI=1S/C13H18BrNO/c1-10-5-6-15(13(10)8-14)9-11-3-2-4-12(16)7-11/h2-4,7,10,13,16H,5-6,8-9H2,1H3. The number of alkyl halides is 1. The van der Waals surface area contributed by atoms with Crippen LogP contribution >= 0.6 is 15.9 Å². The van der Waals surface area contributed by atoms with Crippen LogP contribution in [0.25, 0.3) is 0 Å². The van der Waals surface area contributed by atoms with Crippen LogP contribution in [0.2, 0.25) is 0 Å². The molecule has 0 spiro atoms. The summed E-state index contributed by atoms with van der Waals surface area (Å²) in [5.41, 5.74) is 1.19. The highest BCUT2D eigenvalue weighted by Gasteiger charge is 2.29. The van der Waals surface area contributed by atoms with Crippen molar-refractivity contribution < 1.29 is 5.11 Å². The zero-order valence-electron chi connectivity index (χ0n) is 9.56. The van der Waals surface area contributed by atoms with Gasteiger partial charge >= 0.3 is 0 Å². The minimum atomic E-state index is 0.361. The molecule has 16 heavy (non-hydrogen) atoms. The highest BCUT2D eigenvalue weighted by Crippen LogP contribution is 2.27. The Balaban J connectivity index is 2.04.